The third-order valence-electron chi connectivity index (χ3n) is 3.92. The molecule has 7 nitrogen and oxygen atoms in total. The van der Waals surface area contributed by atoms with Crippen LogP contribution in [-0.2, 0) is 16.6 Å². The molecule has 0 fully saturated rings. The third-order valence-corrected chi connectivity index (χ3v) is 4.94. The van der Waals surface area contributed by atoms with Crippen LogP contribution in [0.15, 0.2) is 59.8 Å². The first-order chi connectivity index (χ1) is 13.5. The van der Waals surface area contributed by atoms with E-state index in [1.807, 2.05) is 41.9 Å². The number of hydrogen-bond donors (Lipinski definition) is 2. The summed E-state index contributed by atoms with van der Waals surface area (Å²) in [6.07, 6.45) is 0.353. The lowest BCUT2D eigenvalue weighted by Gasteiger charge is -2.07. The number of nitrogens with zero attached hydrogens (tertiary/aromatic N) is 3. The molecule has 8 heteroatoms. The maximum atomic E-state index is 12.1. The predicted octanol–water partition coefficient (Wildman–Crippen LogP) is 3.56. The Morgan fingerprint density at radius 3 is 2.25 bits per heavy atom. The topological polar surface area (TPSA) is 88.9 Å². The molecule has 144 valence electrons. The fourth-order valence-electron chi connectivity index (χ4n) is 2.58. The van der Waals surface area contributed by atoms with E-state index in [1.165, 1.54) is 18.7 Å². The van der Waals surface area contributed by atoms with Gasteiger partial charge < -0.3 is 15.2 Å². The van der Waals surface area contributed by atoms with Gasteiger partial charge in [0.15, 0.2) is 11.0 Å². The Labute approximate surface area is 167 Å². The largest absolute Gasteiger partial charge is 0.326 e. The lowest BCUT2D eigenvalue weighted by Crippen LogP contribution is -2.12. The number of nitrogens with one attached hydrogen (secondary N) is 2. The second-order valence-corrected chi connectivity index (χ2v) is 7.20. The summed E-state index contributed by atoms with van der Waals surface area (Å²) in [7, 11) is 1.92. The molecule has 1 aromatic heterocycles. The number of rotatable bonds is 7. The zero-order valence-corrected chi connectivity index (χ0v) is 16.5. The van der Waals surface area contributed by atoms with Crippen LogP contribution in [0.2, 0.25) is 0 Å². The molecule has 0 saturated carbocycles. The van der Waals surface area contributed by atoms with E-state index in [2.05, 4.69) is 20.8 Å². The standard InChI is InChI=1S/C20H21N5O2S/c1-14(26)21-16-8-10-17(11-9-16)22-18(27)12-13-28-20-24-23-19(25(20)2)15-6-4-3-5-7-15/h3-11H,12-13H2,1-2H3,(H,21,26)(H,22,27). The molecular weight excluding hydrogens is 374 g/mol. The molecule has 0 aliphatic carbocycles. The summed E-state index contributed by atoms with van der Waals surface area (Å²) in [6, 6.07) is 16.9. The van der Waals surface area contributed by atoms with Crippen LogP contribution in [0.4, 0.5) is 11.4 Å². The van der Waals surface area contributed by atoms with Crippen molar-refractivity contribution in [1.29, 1.82) is 0 Å². The van der Waals surface area contributed by atoms with E-state index in [9.17, 15) is 9.59 Å². The number of amides is 2. The zero-order chi connectivity index (χ0) is 19.9. The molecule has 28 heavy (non-hydrogen) atoms. The number of benzene rings is 2. The minimum atomic E-state index is -0.131. The molecule has 0 spiro atoms. The van der Waals surface area contributed by atoms with Crippen LogP contribution < -0.4 is 10.6 Å². The van der Waals surface area contributed by atoms with Gasteiger partial charge in [0.2, 0.25) is 11.8 Å². The first kappa shape index (κ1) is 19.6. The zero-order valence-electron chi connectivity index (χ0n) is 15.7. The van der Waals surface area contributed by atoms with Crippen molar-refractivity contribution in [1.82, 2.24) is 14.8 Å². The van der Waals surface area contributed by atoms with Gasteiger partial charge in [0.25, 0.3) is 0 Å². The summed E-state index contributed by atoms with van der Waals surface area (Å²) in [5.41, 5.74) is 2.39. The maximum Gasteiger partial charge on any atom is 0.225 e. The van der Waals surface area contributed by atoms with Crippen LogP contribution >= 0.6 is 11.8 Å². The lowest BCUT2D eigenvalue weighted by molar-refractivity contribution is -0.116. The van der Waals surface area contributed by atoms with Gasteiger partial charge in [-0.15, -0.1) is 10.2 Å². The van der Waals surface area contributed by atoms with Crippen LogP contribution in [0.5, 0.6) is 0 Å². The van der Waals surface area contributed by atoms with E-state index in [4.69, 9.17) is 0 Å². The average Bonchev–Trinajstić information content (AvgIpc) is 3.04. The van der Waals surface area contributed by atoms with Crippen molar-refractivity contribution in [2.45, 2.75) is 18.5 Å². The monoisotopic (exact) mass is 395 g/mol. The van der Waals surface area contributed by atoms with Crippen LogP contribution in [0.25, 0.3) is 11.4 Å². The summed E-state index contributed by atoms with van der Waals surface area (Å²) < 4.78 is 1.93. The quantitative estimate of drug-likeness (QED) is 0.597. The van der Waals surface area contributed by atoms with Crippen LogP contribution in [0.1, 0.15) is 13.3 Å². The predicted molar refractivity (Wildman–Crippen MR) is 111 cm³/mol. The Balaban J connectivity index is 1.49. The summed E-state index contributed by atoms with van der Waals surface area (Å²) in [6.45, 7) is 1.45. The Bertz CT molecular complexity index is 954. The van der Waals surface area contributed by atoms with Crippen molar-refractivity contribution in [3.63, 3.8) is 0 Å². The van der Waals surface area contributed by atoms with Crippen LogP contribution in [0.3, 0.4) is 0 Å². The number of aromatic nitrogens is 3. The summed E-state index contributed by atoms with van der Waals surface area (Å²) in [5, 5.41) is 14.8. The first-order valence-electron chi connectivity index (χ1n) is 8.78. The highest BCUT2D eigenvalue weighted by atomic mass is 32.2. The second-order valence-electron chi connectivity index (χ2n) is 6.14. The first-order valence-corrected chi connectivity index (χ1v) is 9.76. The van der Waals surface area contributed by atoms with Crippen molar-refractivity contribution in [3.05, 3.63) is 54.6 Å². The Morgan fingerprint density at radius 2 is 1.61 bits per heavy atom. The Hall–Kier alpha value is -3.13. The molecule has 0 aliphatic rings. The fraction of sp³-hybridized carbons (Fsp3) is 0.200. The minimum absolute atomic E-state index is 0.0785. The molecule has 0 bridgehead atoms. The van der Waals surface area contributed by atoms with Crippen molar-refractivity contribution in [2.75, 3.05) is 16.4 Å². The lowest BCUT2D eigenvalue weighted by atomic mass is 10.2. The van der Waals surface area contributed by atoms with E-state index in [0.29, 0.717) is 23.5 Å². The van der Waals surface area contributed by atoms with E-state index < -0.39 is 0 Å². The SMILES string of the molecule is CC(=O)Nc1ccc(NC(=O)CCSc2nnc(-c3ccccc3)n2C)cc1. The minimum Gasteiger partial charge on any atom is -0.326 e. The van der Waals surface area contributed by atoms with Gasteiger partial charge in [-0.1, -0.05) is 42.1 Å². The number of thioether (sulfide) groups is 1. The third kappa shape index (κ3) is 5.20. The number of carbonyl (C=O) groups is 2. The highest BCUT2D eigenvalue weighted by Crippen LogP contribution is 2.23. The molecule has 0 saturated heterocycles. The molecular formula is C20H21N5O2S. The highest BCUT2D eigenvalue weighted by molar-refractivity contribution is 7.99. The van der Waals surface area contributed by atoms with E-state index >= 15 is 0 Å². The maximum absolute atomic E-state index is 12.1. The number of carbonyl (C=O) groups excluding carboxylic acids is 2. The van der Waals surface area contributed by atoms with Gasteiger partial charge in [-0.3, -0.25) is 9.59 Å². The van der Waals surface area contributed by atoms with Gasteiger partial charge in [0.05, 0.1) is 0 Å². The molecule has 0 unspecified atom stereocenters. The van der Waals surface area contributed by atoms with Crippen molar-refractivity contribution < 1.29 is 9.59 Å². The van der Waals surface area contributed by atoms with Crippen molar-refractivity contribution in [3.8, 4) is 11.4 Å². The number of anilines is 2. The Morgan fingerprint density at radius 1 is 0.964 bits per heavy atom. The van der Waals surface area contributed by atoms with Gasteiger partial charge in [0, 0.05) is 43.1 Å². The molecule has 2 N–H and O–H groups in total. The molecule has 3 aromatic rings. The molecule has 2 aromatic carbocycles. The smallest absolute Gasteiger partial charge is 0.225 e. The number of hydrogen-bond acceptors (Lipinski definition) is 5. The summed E-state index contributed by atoms with van der Waals surface area (Å²) in [5.74, 6) is 1.18. The average molecular weight is 395 g/mol. The normalized spacial score (nSPS) is 10.5. The van der Waals surface area contributed by atoms with Crippen molar-refractivity contribution in [2.24, 2.45) is 7.05 Å². The van der Waals surface area contributed by atoms with E-state index in [-0.39, 0.29) is 11.8 Å². The van der Waals surface area contributed by atoms with Gasteiger partial charge >= 0.3 is 0 Å². The van der Waals surface area contributed by atoms with Gasteiger partial charge in [-0.05, 0) is 24.3 Å². The molecule has 0 aliphatic heterocycles. The molecule has 0 atom stereocenters. The fourth-order valence-corrected chi connectivity index (χ4v) is 3.43. The van der Waals surface area contributed by atoms with Crippen molar-refractivity contribution >= 4 is 35.0 Å². The second kappa shape index (κ2) is 9.18. The van der Waals surface area contributed by atoms with Crippen LogP contribution in [-0.4, -0.2) is 32.3 Å². The molecule has 1 heterocycles. The van der Waals surface area contributed by atoms with Gasteiger partial charge in [0.1, 0.15) is 0 Å². The summed E-state index contributed by atoms with van der Waals surface area (Å²) >= 11 is 1.49. The van der Waals surface area contributed by atoms with E-state index in [0.717, 1.165) is 16.5 Å². The Kier molecular flexibility index (Phi) is 6.44. The molecule has 3 rings (SSSR count). The van der Waals surface area contributed by atoms with Gasteiger partial charge in [-0.25, -0.2) is 0 Å². The van der Waals surface area contributed by atoms with E-state index in [1.54, 1.807) is 24.3 Å². The van der Waals surface area contributed by atoms with Gasteiger partial charge in [-0.2, -0.15) is 0 Å². The molecule has 0 radical (unpaired) electrons. The molecule has 2 amide bonds. The van der Waals surface area contributed by atoms with Crippen LogP contribution in [0, 0.1) is 0 Å². The highest BCUT2D eigenvalue weighted by Gasteiger charge is 2.11. The summed E-state index contributed by atoms with van der Waals surface area (Å²) in [4.78, 5) is 23.2.